The highest BCUT2D eigenvalue weighted by atomic mass is 15.1. The topological polar surface area (TPSA) is 28.7 Å². The van der Waals surface area contributed by atoms with Gasteiger partial charge in [-0.2, -0.15) is 5.10 Å². The molecule has 0 radical (unpaired) electrons. The number of rotatable bonds is 2. The van der Waals surface area contributed by atoms with Crippen LogP contribution in [0.2, 0.25) is 0 Å². The van der Waals surface area contributed by atoms with E-state index in [1.54, 1.807) is 0 Å². The summed E-state index contributed by atoms with van der Waals surface area (Å²) in [5.41, 5.74) is 1.36. The lowest BCUT2D eigenvalue weighted by Crippen LogP contribution is -1.81. The smallest absolute Gasteiger partial charge is 0.0519 e. The van der Waals surface area contributed by atoms with Gasteiger partial charge >= 0.3 is 0 Å². The minimum atomic E-state index is 0.975. The molecule has 0 unspecified atom stereocenters. The number of H-pyrrole nitrogens is 1. The molecule has 0 bridgehead atoms. The maximum Gasteiger partial charge on any atom is 0.0519 e. The SMILES string of the molecule is c1n[nH]cc1CC1CC1. The van der Waals surface area contributed by atoms with Gasteiger partial charge in [0.05, 0.1) is 6.20 Å². The Morgan fingerprint density at radius 1 is 1.67 bits per heavy atom. The number of nitrogens with zero attached hydrogens (tertiary/aromatic N) is 1. The summed E-state index contributed by atoms with van der Waals surface area (Å²) in [5, 5.41) is 6.69. The number of hydrogen-bond acceptors (Lipinski definition) is 1. The van der Waals surface area contributed by atoms with Crippen molar-refractivity contribution in [3.8, 4) is 0 Å². The van der Waals surface area contributed by atoms with Crippen LogP contribution in [0.5, 0.6) is 0 Å². The zero-order valence-electron chi connectivity index (χ0n) is 5.30. The highest BCUT2D eigenvalue weighted by Gasteiger charge is 2.21. The third-order valence-electron chi connectivity index (χ3n) is 1.78. The van der Waals surface area contributed by atoms with Crippen LogP contribution in [0.15, 0.2) is 12.4 Å². The number of aromatic amines is 1. The molecule has 9 heavy (non-hydrogen) atoms. The third-order valence-corrected chi connectivity index (χ3v) is 1.78. The lowest BCUT2D eigenvalue weighted by Gasteiger charge is -1.87. The van der Waals surface area contributed by atoms with Gasteiger partial charge in [-0.1, -0.05) is 0 Å². The molecule has 1 aliphatic carbocycles. The Balaban J connectivity index is 1.99. The lowest BCUT2D eigenvalue weighted by molar-refractivity contribution is 0.833. The van der Waals surface area contributed by atoms with Gasteiger partial charge in [0.1, 0.15) is 0 Å². The molecule has 1 saturated carbocycles. The predicted octanol–water partition coefficient (Wildman–Crippen LogP) is 1.36. The second-order valence-electron chi connectivity index (χ2n) is 2.75. The van der Waals surface area contributed by atoms with Gasteiger partial charge in [-0.3, -0.25) is 5.10 Å². The van der Waals surface area contributed by atoms with E-state index < -0.39 is 0 Å². The van der Waals surface area contributed by atoms with Gasteiger partial charge in [-0.05, 0) is 30.7 Å². The summed E-state index contributed by atoms with van der Waals surface area (Å²) in [5.74, 6) is 0.975. The van der Waals surface area contributed by atoms with E-state index in [1.165, 1.54) is 24.8 Å². The van der Waals surface area contributed by atoms with Crippen LogP contribution in [0.3, 0.4) is 0 Å². The first-order chi connectivity index (χ1) is 4.45. The minimum Gasteiger partial charge on any atom is -0.285 e. The molecule has 0 aliphatic heterocycles. The average Bonchev–Trinajstić information content (AvgIpc) is 2.46. The molecule has 0 spiro atoms. The van der Waals surface area contributed by atoms with Gasteiger partial charge in [0.25, 0.3) is 0 Å². The highest BCUT2D eigenvalue weighted by molar-refractivity contribution is 5.05. The molecule has 1 aromatic heterocycles. The van der Waals surface area contributed by atoms with E-state index in [1.807, 2.05) is 12.4 Å². The number of nitrogens with one attached hydrogen (secondary N) is 1. The molecule has 1 fully saturated rings. The second-order valence-corrected chi connectivity index (χ2v) is 2.75. The fourth-order valence-corrected chi connectivity index (χ4v) is 1.04. The number of hydrogen-bond donors (Lipinski definition) is 1. The van der Waals surface area contributed by atoms with Gasteiger partial charge in [-0.25, -0.2) is 0 Å². The zero-order valence-corrected chi connectivity index (χ0v) is 5.30. The monoisotopic (exact) mass is 122 g/mol. The Hall–Kier alpha value is -0.790. The minimum absolute atomic E-state index is 0.975. The van der Waals surface area contributed by atoms with Crippen LogP contribution >= 0.6 is 0 Å². The Kier molecular flexibility index (Phi) is 1.04. The molecule has 0 saturated heterocycles. The summed E-state index contributed by atoms with van der Waals surface area (Å²) in [6, 6.07) is 0. The molecule has 48 valence electrons. The normalized spacial score (nSPS) is 18.2. The molecule has 0 amide bonds. The van der Waals surface area contributed by atoms with Crippen molar-refractivity contribution in [3.63, 3.8) is 0 Å². The first kappa shape index (κ1) is 5.03. The van der Waals surface area contributed by atoms with E-state index in [-0.39, 0.29) is 0 Å². The van der Waals surface area contributed by atoms with Gasteiger partial charge in [-0.15, -0.1) is 0 Å². The second kappa shape index (κ2) is 1.87. The van der Waals surface area contributed by atoms with Crippen molar-refractivity contribution in [1.82, 2.24) is 10.2 Å². The van der Waals surface area contributed by atoms with Gasteiger partial charge in [0.15, 0.2) is 0 Å². The van der Waals surface area contributed by atoms with Gasteiger partial charge in [0, 0.05) is 6.20 Å². The molecule has 1 N–H and O–H groups in total. The summed E-state index contributed by atoms with van der Waals surface area (Å²) < 4.78 is 0. The van der Waals surface area contributed by atoms with Crippen LogP contribution in [-0.4, -0.2) is 10.2 Å². The molecule has 1 aromatic rings. The quantitative estimate of drug-likeness (QED) is 0.630. The molecule has 2 nitrogen and oxygen atoms in total. The Morgan fingerprint density at radius 2 is 2.56 bits per heavy atom. The standard InChI is InChI=1S/C7H10N2/c1-2-6(1)3-7-4-8-9-5-7/h4-6H,1-3H2,(H,8,9). The van der Waals surface area contributed by atoms with Crippen molar-refractivity contribution in [1.29, 1.82) is 0 Å². The summed E-state index contributed by atoms with van der Waals surface area (Å²) in [6.07, 6.45) is 7.98. The maximum absolute atomic E-state index is 3.88. The van der Waals surface area contributed by atoms with Crippen molar-refractivity contribution in [2.75, 3.05) is 0 Å². The Bertz CT molecular complexity index is 175. The lowest BCUT2D eigenvalue weighted by atomic mass is 10.2. The first-order valence-electron chi connectivity index (χ1n) is 3.43. The van der Waals surface area contributed by atoms with Gasteiger partial charge in [0.2, 0.25) is 0 Å². The van der Waals surface area contributed by atoms with Crippen LogP contribution in [0.4, 0.5) is 0 Å². The van der Waals surface area contributed by atoms with E-state index in [9.17, 15) is 0 Å². The Labute approximate surface area is 54.3 Å². The van der Waals surface area contributed by atoms with E-state index in [0.29, 0.717) is 0 Å². The fourth-order valence-electron chi connectivity index (χ4n) is 1.04. The summed E-state index contributed by atoms with van der Waals surface area (Å²) in [6.45, 7) is 0. The summed E-state index contributed by atoms with van der Waals surface area (Å²) >= 11 is 0. The van der Waals surface area contributed by atoms with Crippen LogP contribution in [-0.2, 0) is 6.42 Å². The van der Waals surface area contributed by atoms with Crippen LogP contribution < -0.4 is 0 Å². The fraction of sp³-hybridized carbons (Fsp3) is 0.571. The van der Waals surface area contributed by atoms with E-state index in [2.05, 4.69) is 10.2 Å². The molecule has 0 aromatic carbocycles. The highest BCUT2D eigenvalue weighted by Crippen LogP contribution is 2.32. The molecular formula is C7H10N2. The predicted molar refractivity (Wildman–Crippen MR) is 35.0 cm³/mol. The van der Waals surface area contributed by atoms with Crippen molar-refractivity contribution in [2.45, 2.75) is 19.3 Å². The largest absolute Gasteiger partial charge is 0.285 e. The molecule has 2 rings (SSSR count). The first-order valence-corrected chi connectivity index (χ1v) is 3.43. The van der Waals surface area contributed by atoms with Crippen molar-refractivity contribution in [3.05, 3.63) is 18.0 Å². The van der Waals surface area contributed by atoms with Crippen LogP contribution in [0.25, 0.3) is 0 Å². The van der Waals surface area contributed by atoms with Crippen LogP contribution in [0, 0.1) is 5.92 Å². The zero-order chi connectivity index (χ0) is 6.10. The Morgan fingerprint density at radius 3 is 3.11 bits per heavy atom. The summed E-state index contributed by atoms with van der Waals surface area (Å²) in [4.78, 5) is 0. The van der Waals surface area contributed by atoms with E-state index >= 15 is 0 Å². The van der Waals surface area contributed by atoms with Crippen molar-refractivity contribution < 1.29 is 0 Å². The molecule has 0 atom stereocenters. The third kappa shape index (κ3) is 1.12. The average molecular weight is 122 g/mol. The van der Waals surface area contributed by atoms with Gasteiger partial charge < -0.3 is 0 Å². The molecule has 1 heterocycles. The molecular weight excluding hydrogens is 112 g/mol. The van der Waals surface area contributed by atoms with E-state index in [0.717, 1.165) is 5.92 Å². The van der Waals surface area contributed by atoms with Crippen molar-refractivity contribution >= 4 is 0 Å². The maximum atomic E-state index is 3.88. The van der Waals surface area contributed by atoms with E-state index in [4.69, 9.17) is 0 Å². The summed E-state index contributed by atoms with van der Waals surface area (Å²) in [7, 11) is 0. The van der Waals surface area contributed by atoms with Crippen molar-refractivity contribution in [2.24, 2.45) is 5.92 Å². The molecule has 1 aliphatic rings. The van der Waals surface area contributed by atoms with Crippen LogP contribution in [0.1, 0.15) is 18.4 Å². The number of aromatic nitrogens is 2. The molecule has 2 heteroatoms.